The van der Waals surface area contributed by atoms with E-state index in [0.29, 0.717) is 26.2 Å². The van der Waals surface area contributed by atoms with E-state index in [1.807, 2.05) is 4.90 Å². The molecule has 0 aromatic rings. The van der Waals surface area contributed by atoms with Crippen LogP contribution in [0.4, 0.5) is 4.79 Å². The average molecular weight is 257 g/mol. The third kappa shape index (κ3) is 2.60. The van der Waals surface area contributed by atoms with Gasteiger partial charge in [-0.05, 0) is 12.8 Å². The van der Waals surface area contributed by atoms with Gasteiger partial charge in [0.05, 0.1) is 25.8 Å². The molecule has 3 N–H and O–H groups in total. The number of hydrogen-bond acceptors (Lipinski definition) is 4. The van der Waals surface area contributed by atoms with Gasteiger partial charge in [0.15, 0.2) is 0 Å². The molecule has 2 aliphatic rings. The zero-order valence-electron chi connectivity index (χ0n) is 11.0. The van der Waals surface area contributed by atoms with Crippen molar-refractivity contribution in [3.05, 3.63) is 0 Å². The van der Waals surface area contributed by atoms with Crippen molar-refractivity contribution in [1.82, 2.24) is 9.80 Å². The molecule has 0 radical (unpaired) electrons. The Morgan fingerprint density at radius 2 is 2.00 bits per heavy atom. The number of aliphatic hydroxyl groups is 1. The molecule has 2 saturated heterocycles. The van der Waals surface area contributed by atoms with Crippen molar-refractivity contribution in [3.8, 4) is 0 Å². The molecule has 2 heterocycles. The lowest BCUT2D eigenvalue weighted by Gasteiger charge is -2.44. The minimum absolute atomic E-state index is 0.0278. The van der Waals surface area contributed by atoms with Gasteiger partial charge in [0.1, 0.15) is 0 Å². The standard InChI is InChI=1S/C12H23N3O3/c1-18-9-12(8-13)2-4-14(5-3-12)11(17)15-6-10(16)7-15/h10,16H,2-9,13H2,1H3. The van der Waals surface area contributed by atoms with Gasteiger partial charge in [-0.2, -0.15) is 0 Å². The fourth-order valence-electron chi connectivity index (χ4n) is 2.70. The topological polar surface area (TPSA) is 79.0 Å². The molecule has 0 unspecified atom stereocenters. The van der Waals surface area contributed by atoms with E-state index in [1.165, 1.54) is 0 Å². The van der Waals surface area contributed by atoms with Gasteiger partial charge >= 0.3 is 6.03 Å². The number of rotatable bonds is 3. The molecule has 0 atom stereocenters. The van der Waals surface area contributed by atoms with Crippen molar-refractivity contribution in [2.24, 2.45) is 11.1 Å². The fourth-order valence-corrected chi connectivity index (χ4v) is 2.70. The molecule has 0 aromatic heterocycles. The second-order valence-corrected chi connectivity index (χ2v) is 5.47. The van der Waals surface area contributed by atoms with Crippen LogP contribution in [0.15, 0.2) is 0 Å². The van der Waals surface area contributed by atoms with Crippen molar-refractivity contribution < 1.29 is 14.6 Å². The molecule has 2 amide bonds. The highest BCUT2D eigenvalue weighted by Gasteiger charge is 2.38. The van der Waals surface area contributed by atoms with E-state index in [1.54, 1.807) is 12.0 Å². The van der Waals surface area contributed by atoms with Gasteiger partial charge < -0.3 is 25.4 Å². The lowest BCUT2D eigenvalue weighted by Crippen LogP contribution is -2.59. The highest BCUT2D eigenvalue weighted by atomic mass is 16.5. The predicted molar refractivity (Wildman–Crippen MR) is 67.1 cm³/mol. The maximum Gasteiger partial charge on any atom is 0.320 e. The Balaban J connectivity index is 1.84. The Morgan fingerprint density at radius 3 is 2.44 bits per heavy atom. The second-order valence-electron chi connectivity index (χ2n) is 5.47. The van der Waals surface area contributed by atoms with Crippen LogP contribution in [0, 0.1) is 5.41 Å². The molecule has 0 aliphatic carbocycles. The van der Waals surface area contributed by atoms with Crippen LogP contribution in [0.3, 0.4) is 0 Å². The molecule has 6 heteroatoms. The van der Waals surface area contributed by atoms with E-state index in [2.05, 4.69) is 0 Å². The third-order valence-electron chi connectivity index (χ3n) is 4.11. The summed E-state index contributed by atoms with van der Waals surface area (Å²) in [6.45, 7) is 3.65. The average Bonchev–Trinajstić information content (AvgIpc) is 2.35. The van der Waals surface area contributed by atoms with E-state index >= 15 is 0 Å². The lowest BCUT2D eigenvalue weighted by atomic mass is 9.79. The van der Waals surface area contributed by atoms with Crippen LogP contribution in [0.25, 0.3) is 0 Å². The first-order valence-corrected chi connectivity index (χ1v) is 6.51. The van der Waals surface area contributed by atoms with Gasteiger partial charge in [-0.1, -0.05) is 0 Å². The zero-order chi connectivity index (χ0) is 13.2. The van der Waals surface area contributed by atoms with E-state index in [0.717, 1.165) is 25.9 Å². The number of β-amino-alcohol motifs (C(OH)–C–C–N with tert-alkyl or cyclic N) is 1. The SMILES string of the molecule is COCC1(CN)CCN(C(=O)N2CC(O)C2)CC1. The van der Waals surface area contributed by atoms with Gasteiger partial charge in [-0.3, -0.25) is 0 Å². The molecule has 0 aromatic carbocycles. The molecule has 104 valence electrons. The smallest absolute Gasteiger partial charge is 0.320 e. The van der Waals surface area contributed by atoms with Crippen molar-refractivity contribution >= 4 is 6.03 Å². The Morgan fingerprint density at radius 1 is 1.39 bits per heavy atom. The van der Waals surface area contributed by atoms with Gasteiger partial charge in [0, 0.05) is 32.2 Å². The van der Waals surface area contributed by atoms with E-state index in [4.69, 9.17) is 10.5 Å². The van der Waals surface area contributed by atoms with Gasteiger partial charge in [-0.25, -0.2) is 4.79 Å². The van der Waals surface area contributed by atoms with Crippen LogP contribution in [0.2, 0.25) is 0 Å². The van der Waals surface area contributed by atoms with Crippen LogP contribution in [0.5, 0.6) is 0 Å². The maximum atomic E-state index is 12.1. The summed E-state index contributed by atoms with van der Waals surface area (Å²) in [7, 11) is 1.69. The van der Waals surface area contributed by atoms with Crippen LogP contribution < -0.4 is 5.73 Å². The number of ether oxygens (including phenoxy) is 1. The number of carbonyl (C=O) groups is 1. The highest BCUT2D eigenvalue weighted by molar-refractivity contribution is 5.75. The van der Waals surface area contributed by atoms with Crippen LogP contribution in [-0.4, -0.2) is 73.5 Å². The number of urea groups is 1. The molecule has 2 aliphatic heterocycles. The van der Waals surface area contributed by atoms with Crippen molar-refractivity contribution in [3.63, 3.8) is 0 Å². The summed E-state index contributed by atoms with van der Waals surface area (Å²) < 4.78 is 5.24. The summed E-state index contributed by atoms with van der Waals surface area (Å²) in [6.07, 6.45) is 1.44. The molecule has 2 rings (SSSR count). The number of carbonyl (C=O) groups excluding carboxylic acids is 1. The Bertz CT molecular complexity index is 297. The maximum absolute atomic E-state index is 12.1. The summed E-state index contributed by atoms with van der Waals surface area (Å²) in [4.78, 5) is 15.6. The van der Waals surface area contributed by atoms with Crippen molar-refractivity contribution in [2.75, 3.05) is 46.4 Å². The minimum atomic E-state index is -0.338. The molecular weight excluding hydrogens is 234 g/mol. The van der Waals surface area contributed by atoms with E-state index < -0.39 is 0 Å². The molecule has 2 fully saturated rings. The van der Waals surface area contributed by atoms with Gasteiger partial charge in [0.2, 0.25) is 0 Å². The van der Waals surface area contributed by atoms with Gasteiger partial charge in [-0.15, -0.1) is 0 Å². The van der Waals surface area contributed by atoms with Crippen molar-refractivity contribution in [1.29, 1.82) is 0 Å². The molecule has 0 spiro atoms. The summed E-state index contributed by atoms with van der Waals surface area (Å²) >= 11 is 0. The number of nitrogens with two attached hydrogens (primary N) is 1. The fraction of sp³-hybridized carbons (Fsp3) is 0.917. The number of amides is 2. The Labute approximate surface area is 108 Å². The van der Waals surface area contributed by atoms with Gasteiger partial charge in [0.25, 0.3) is 0 Å². The molecule has 6 nitrogen and oxygen atoms in total. The summed E-state index contributed by atoms with van der Waals surface area (Å²) in [5, 5.41) is 9.21. The second kappa shape index (κ2) is 5.42. The first-order chi connectivity index (χ1) is 8.60. The highest BCUT2D eigenvalue weighted by Crippen LogP contribution is 2.31. The largest absolute Gasteiger partial charge is 0.389 e. The minimum Gasteiger partial charge on any atom is -0.389 e. The molecule has 18 heavy (non-hydrogen) atoms. The normalized spacial score (nSPS) is 23.9. The number of likely N-dealkylation sites (tertiary alicyclic amines) is 2. The molecule has 0 bridgehead atoms. The quantitative estimate of drug-likeness (QED) is 0.712. The molecule has 0 saturated carbocycles. The number of methoxy groups -OCH3 is 1. The number of nitrogens with zero attached hydrogens (tertiary/aromatic N) is 2. The summed E-state index contributed by atoms with van der Waals surface area (Å²) in [5.74, 6) is 0. The first-order valence-electron chi connectivity index (χ1n) is 6.51. The van der Waals surface area contributed by atoms with E-state index in [-0.39, 0.29) is 17.6 Å². The van der Waals surface area contributed by atoms with Crippen molar-refractivity contribution in [2.45, 2.75) is 18.9 Å². The van der Waals surface area contributed by atoms with Crippen LogP contribution in [0.1, 0.15) is 12.8 Å². The van der Waals surface area contributed by atoms with Crippen LogP contribution >= 0.6 is 0 Å². The zero-order valence-corrected chi connectivity index (χ0v) is 11.0. The van der Waals surface area contributed by atoms with E-state index in [9.17, 15) is 9.90 Å². The lowest BCUT2D eigenvalue weighted by molar-refractivity contribution is -0.00109. The molecular formula is C12H23N3O3. The predicted octanol–water partition coefficient (Wildman–Crippen LogP) is -0.530. The number of piperidine rings is 1. The van der Waals surface area contributed by atoms with Crippen LogP contribution in [-0.2, 0) is 4.74 Å². The summed E-state index contributed by atoms with van der Waals surface area (Å²) in [5.41, 5.74) is 5.86. The Kier molecular flexibility index (Phi) is 4.09. The first kappa shape index (κ1) is 13.6. The third-order valence-corrected chi connectivity index (χ3v) is 4.11. The Hall–Kier alpha value is -0.850. The summed E-state index contributed by atoms with van der Waals surface area (Å²) in [6, 6.07) is 0.0448. The number of aliphatic hydroxyl groups excluding tert-OH is 1. The monoisotopic (exact) mass is 257 g/mol. The number of hydrogen-bond donors (Lipinski definition) is 2.